The Morgan fingerprint density at radius 2 is 1.86 bits per heavy atom. The highest BCUT2D eigenvalue weighted by Gasteiger charge is 2.18. The summed E-state index contributed by atoms with van der Waals surface area (Å²) >= 11 is 0. The van der Waals surface area contributed by atoms with Crippen LogP contribution < -0.4 is 10.6 Å². The zero-order valence-corrected chi connectivity index (χ0v) is 17.2. The second kappa shape index (κ2) is 10.2. The second-order valence-corrected chi connectivity index (χ2v) is 8.26. The molecule has 2 N–H and O–H groups in total. The minimum Gasteiger partial charge on any atom is -0.355 e. The number of rotatable bonds is 5. The molecule has 0 aromatic heterocycles. The van der Waals surface area contributed by atoms with Crippen molar-refractivity contribution in [1.29, 1.82) is 0 Å². The van der Waals surface area contributed by atoms with Gasteiger partial charge in [0.25, 0.3) is 0 Å². The monoisotopic (exact) mass is 437 g/mol. The Balaban J connectivity index is 0.00000441. The van der Waals surface area contributed by atoms with Crippen molar-refractivity contribution in [3.8, 4) is 0 Å². The zero-order chi connectivity index (χ0) is 15.9. The lowest BCUT2D eigenvalue weighted by Crippen LogP contribution is -2.41. The molecule has 0 fully saturated rings. The minimum atomic E-state index is -0.850. The normalized spacial score (nSPS) is 14.7. The Morgan fingerprint density at radius 3 is 2.36 bits per heavy atom. The van der Waals surface area contributed by atoms with Crippen molar-refractivity contribution in [2.75, 3.05) is 19.3 Å². The smallest absolute Gasteiger partial charge is 0.191 e. The van der Waals surface area contributed by atoms with Gasteiger partial charge in [0, 0.05) is 34.9 Å². The van der Waals surface area contributed by atoms with Gasteiger partial charge in [0.1, 0.15) is 0 Å². The summed E-state index contributed by atoms with van der Waals surface area (Å²) in [5.41, 5.74) is 1.21. The fourth-order valence-electron chi connectivity index (χ4n) is 1.79. The Hall–Kier alpha value is -0.630. The minimum absolute atomic E-state index is 0. The fourth-order valence-corrected chi connectivity index (χ4v) is 2.69. The largest absolute Gasteiger partial charge is 0.355 e. The van der Waals surface area contributed by atoms with Gasteiger partial charge in [0.05, 0.1) is 6.04 Å². The van der Waals surface area contributed by atoms with E-state index >= 15 is 0 Å². The Kier molecular flexibility index (Phi) is 9.91. The topological polar surface area (TPSA) is 53.5 Å². The number of hydrogen-bond acceptors (Lipinski definition) is 2. The van der Waals surface area contributed by atoms with Crippen LogP contribution in [0.15, 0.2) is 35.3 Å². The predicted octanol–water partition coefficient (Wildman–Crippen LogP) is 3.08. The molecular formula is C16H28IN3OS. The third kappa shape index (κ3) is 7.58. The average Bonchev–Trinajstić information content (AvgIpc) is 2.45. The van der Waals surface area contributed by atoms with Crippen LogP contribution in [0.1, 0.15) is 39.3 Å². The maximum Gasteiger partial charge on any atom is 0.191 e. The Labute approximate surface area is 154 Å². The first kappa shape index (κ1) is 21.4. The molecule has 126 valence electrons. The van der Waals surface area contributed by atoms with E-state index in [0.29, 0.717) is 12.3 Å². The number of nitrogens with zero attached hydrogens (tertiary/aromatic N) is 1. The van der Waals surface area contributed by atoms with Crippen LogP contribution in [0.25, 0.3) is 0 Å². The van der Waals surface area contributed by atoms with Gasteiger partial charge < -0.3 is 10.6 Å². The lowest BCUT2D eigenvalue weighted by molar-refractivity contribution is 0.645. The zero-order valence-electron chi connectivity index (χ0n) is 14.1. The van der Waals surface area contributed by atoms with Gasteiger partial charge in [0.15, 0.2) is 5.96 Å². The predicted molar refractivity (Wildman–Crippen MR) is 108 cm³/mol. The number of aliphatic imine (C=N–C) groups is 1. The van der Waals surface area contributed by atoms with Crippen molar-refractivity contribution in [3.05, 3.63) is 35.9 Å². The molecule has 0 radical (unpaired) electrons. The summed E-state index contributed by atoms with van der Waals surface area (Å²) < 4.78 is 11.8. The van der Waals surface area contributed by atoms with Crippen molar-refractivity contribution in [3.63, 3.8) is 0 Å². The summed E-state index contributed by atoms with van der Waals surface area (Å²) in [5, 5.41) is 6.55. The third-order valence-corrected chi connectivity index (χ3v) is 5.08. The molecule has 0 aliphatic rings. The molecule has 0 bridgehead atoms. The van der Waals surface area contributed by atoms with Crippen LogP contribution in [-0.4, -0.2) is 34.3 Å². The van der Waals surface area contributed by atoms with Crippen LogP contribution in [0.5, 0.6) is 0 Å². The summed E-state index contributed by atoms with van der Waals surface area (Å²) in [7, 11) is 0.894. The van der Waals surface area contributed by atoms with E-state index in [1.165, 1.54) is 5.56 Å². The number of guanidine groups is 1. The molecular weight excluding hydrogens is 409 g/mol. The van der Waals surface area contributed by atoms with Crippen LogP contribution in [-0.2, 0) is 10.8 Å². The molecule has 0 spiro atoms. The van der Waals surface area contributed by atoms with E-state index in [-0.39, 0.29) is 34.8 Å². The molecule has 0 saturated carbocycles. The summed E-state index contributed by atoms with van der Waals surface area (Å²) in [4.78, 5) is 4.21. The van der Waals surface area contributed by atoms with E-state index in [1.54, 1.807) is 7.05 Å². The van der Waals surface area contributed by atoms with Gasteiger partial charge >= 0.3 is 0 Å². The van der Waals surface area contributed by atoms with Gasteiger partial charge in [-0.25, -0.2) is 0 Å². The maximum atomic E-state index is 12.0. The van der Waals surface area contributed by atoms with Crippen LogP contribution in [0.3, 0.4) is 0 Å². The molecule has 1 aromatic carbocycles. The quantitative estimate of drug-likeness (QED) is 0.423. The van der Waals surface area contributed by atoms with Crippen molar-refractivity contribution in [2.45, 2.75) is 38.5 Å². The van der Waals surface area contributed by atoms with E-state index in [4.69, 9.17) is 0 Å². The molecule has 0 amide bonds. The molecule has 4 nitrogen and oxygen atoms in total. The number of nitrogens with one attached hydrogen (secondary N) is 2. The van der Waals surface area contributed by atoms with Gasteiger partial charge in [-0.15, -0.1) is 24.0 Å². The van der Waals surface area contributed by atoms with E-state index in [1.807, 2.05) is 39.0 Å². The van der Waals surface area contributed by atoms with Crippen LogP contribution in [0.4, 0.5) is 0 Å². The van der Waals surface area contributed by atoms with Gasteiger partial charge in [0.2, 0.25) is 0 Å². The SMILES string of the molecule is CN=C(NCCS(=O)C(C)(C)C)NC(C)c1ccccc1.I. The fraction of sp³-hybridized carbons (Fsp3) is 0.562. The van der Waals surface area contributed by atoms with Crippen LogP contribution in [0, 0.1) is 0 Å². The Morgan fingerprint density at radius 1 is 1.27 bits per heavy atom. The van der Waals surface area contributed by atoms with Gasteiger partial charge in [-0.05, 0) is 33.3 Å². The highest BCUT2D eigenvalue weighted by Crippen LogP contribution is 2.11. The number of halogens is 1. The first-order valence-corrected chi connectivity index (χ1v) is 8.57. The molecule has 0 aliphatic heterocycles. The lowest BCUT2D eigenvalue weighted by atomic mass is 10.1. The van der Waals surface area contributed by atoms with Crippen LogP contribution in [0.2, 0.25) is 0 Å². The number of hydrogen-bond donors (Lipinski definition) is 2. The maximum absolute atomic E-state index is 12.0. The molecule has 1 aromatic rings. The molecule has 1 rings (SSSR count). The van der Waals surface area contributed by atoms with E-state index in [0.717, 1.165) is 5.96 Å². The van der Waals surface area contributed by atoms with Crippen molar-refractivity contribution in [2.24, 2.45) is 4.99 Å². The number of benzene rings is 1. The molecule has 2 atom stereocenters. The standard InChI is InChI=1S/C16H27N3OS.HI/c1-13(14-9-7-6-8-10-14)19-15(17-5)18-11-12-21(20)16(2,3)4;/h6-10,13H,11-12H2,1-5H3,(H2,17,18,19);1H. The molecule has 0 aliphatic carbocycles. The van der Waals surface area contributed by atoms with Crippen molar-refractivity contribution < 1.29 is 4.21 Å². The second-order valence-electron chi connectivity index (χ2n) is 5.94. The molecule has 2 unspecified atom stereocenters. The van der Waals surface area contributed by atoms with Gasteiger partial charge in [-0.1, -0.05) is 30.3 Å². The molecule has 0 heterocycles. The Bertz CT molecular complexity index is 486. The lowest BCUT2D eigenvalue weighted by Gasteiger charge is -2.20. The average molecular weight is 437 g/mol. The van der Waals surface area contributed by atoms with E-state index in [2.05, 4.69) is 34.7 Å². The van der Waals surface area contributed by atoms with Gasteiger partial charge in [-0.2, -0.15) is 0 Å². The van der Waals surface area contributed by atoms with Crippen molar-refractivity contribution >= 4 is 40.7 Å². The van der Waals surface area contributed by atoms with Gasteiger partial charge in [-0.3, -0.25) is 9.20 Å². The van der Waals surface area contributed by atoms with E-state index < -0.39 is 10.8 Å². The van der Waals surface area contributed by atoms with Crippen LogP contribution >= 0.6 is 24.0 Å². The summed E-state index contributed by atoms with van der Waals surface area (Å²) in [5.74, 6) is 1.35. The highest BCUT2D eigenvalue weighted by atomic mass is 127. The summed E-state index contributed by atoms with van der Waals surface area (Å²) in [6.07, 6.45) is 0. The summed E-state index contributed by atoms with van der Waals surface area (Å²) in [6, 6.07) is 10.4. The van der Waals surface area contributed by atoms with Crippen molar-refractivity contribution in [1.82, 2.24) is 10.6 Å². The first-order valence-electron chi connectivity index (χ1n) is 7.25. The molecule has 0 saturated heterocycles. The summed E-state index contributed by atoms with van der Waals surface area (Å²) in [6.45, 7) is 8.72. The van der Waals surface area contributed by atoms with E-state index in [9.17, 15) is 4.21 Å². The first-order chi connectivity index (χ1) is 9.84. The third-order valence-electron chi connectivity index (χ3n) is 3.14. The molecule has 6 heteroatoms. The molecule has 22 heavy (non-hydrogen) atoms. The highest BCUT2D eigenvalue weighted by molar-refractivity contribution is 14.0.